The van der Waals surface area contributed by atoms with E-state index in [9.17, 15) is 0 Å². The summed E-state index contributed by atoms with van der Waals surface area (Å²) in [5, 5.41) is 1.10. The van der Waals surface area contributed by atoms with Gasteiger partial charge in [0.2, 0.25) is 0 Å². The first kappa shape index (κ1) is 16.1. The van der Waals surface area contributed by atoms with Crippen LogP contribution in [0.4, 0.5) is 0 Å². The van der Waals surface area contributed by atoms with Crippen LogP contribution in [0.25, 0.3) is 10.9 Å². The lowest BCUT2D eigenvalue weighted by Crippen LogP contribution is -2.40. The lowest BCUT2D eigenvalue weighted by molar-refractivity contribution is 0.0853. The Kier molecular flexibility index (Phi) is 4.66. The Hall–Kier alpha value is -2.39. The van der Waals surface area contributed by atoms with Crippen molar-refractivity contribution in [2.24, 2.45) is 0 Å². The zero-order valence-corrected chi connectivity index (χ0v) is 14.7. The molecule has 0 bridgehead atoms. The lowest BCUT2D eigenvalue weighted by Gasteiger charge is -2.33. The maximum absolute atomic E-state index is 6.44. The molecule has 0 N–H and O–H groups in total. The first-order chi connectivity index (χ1) is 12.3. The molecule has 0 radical (unpaired) electrons. The van der Waals surface area contributed by atoms with Crippen LogP contribution in [-0.2, 0) is 6.54 Å². The largest absolute Gasteiger partial charge is 0.488 e. The average Bonchev–Trinajstić information content (AvgIpc) is 2.63. The molecule has 1 aliphatic rings. The SMILES string of the molecule is Cc1cc(OC2CCCN(Cc3ccccc3)C2)c2ccccc2n1. The van der Waals surface area contributed by atoms with Crippen LogP contribution in [0.5, 0.6) is 5.75 Å². The quantitative estimate of drug-likeness (QED) is 0.699. The van der Waals surface area contributed by atoms with Gasteiger partial charge in [-0.25, -0.2) is 0 Å². The van der Waals surface area contributed by atoms with Crippen molar-refractivity contribution in [1.29, 1.82) is 0 Å². The second kappa shape index (κ2) is 7.24. The highest BCUT2D eigenvalue weighted by molar-refractivity contribution is 5.85. The summed E-state index contributed by atoms with van der Waals surface area (Å²) < 4.78 is 6.44. The van der Waals surface area contributed by atoms with Crippen molar-refractivity contribution in [3.63, 3.8) is 0 Å². The Morgan fingerprint density at radius 3 is 2.76 bits per heavy atom. The topological polar surface area (TPSA) is 25.4 Å². The number of aryl methyl sites for hydroxylation is 1. The van der Waals surface area contributed by atoms with Gasteiger partial charge in [0.1, 0.15) is 11.9 Å². The maximum Gasteiger partial charge on any atom is 0.130 e. The Bertz CT molecular complexity index is 847. The van der Waals surface area contributed by atoms with Gasteiger partial charge in [-0.1, -0.05) is 42.5 Å². The molecule has 4 rings (SSSR count). The zero-order valence-electron chi connectivity index (χ0n) is 14.7. The van der Waals surface area contributed by atoms with Crippen molar-refractivity contribution in [1.82, 2.24) is 9.88 Å². The van der Waals surface area contributed by atoms with E-state index in [-0.39, 0.29) is 6.10 Å². The fourth-order valence-corrected chi connectivity index (χ4v) is 3.64. The van der Waals surface area contributed by atoms with Crippen LogP contribution in [0.15, 0.2) is 60.7 Å². The molecule has 1 aliphatic heterocycles. The van der Waals surface area contributed by atoms with Crippen molar-refractivity contribution in [3.05, 3.63) is 71.9 Å². The third-order valence-electron chi connectivity index (χ3n) is 4.81. The van der Waals surface area contributed by atoms with Crippen LogP contribution in [0, 0.1) is 6.92 Å². The summed E-state index contributed by atoms with van der Waals surface area (Å²) in [6.45, 7) is 5.15. The molecule has 0 spiro atoms. The third kappa shape index (κ3) is 3.83. The van der Waals surface area contributed by atoms with Crippen LogP contribution in [0.3, 0.4) is 0 Å². The molecule has 3 nitrogen and oxygen atoms in total. The molecule has 0 amide bonds. The number of pyridine rings is 1. The molecule has 0 aliphatic carbocycles. The number of piperidine rings is 1. The fourth-order valence-electron chi connectivity index (χ4n) is 3.64. The van der Waals surface area contributed by atoms with Crippen molar-refractivity contribution in [2.45, 2.75) is 32.4 Å². The van der Waals surface area contributed by atoms with E-state index >= 15 is 0 Å². The van der Waals surface area contributed by atoms with Crippen LogP contribution in [0.1, 0.15) is 24.1 Å². The molecule has 25 heavy (non-hydrogen) atoms. The first-order valence-corrected chi connectivity index (χ1v) is 9.07. The molecule has 3 aromatic rings. The fraction of sp³-hybridized carbons (Fsp3) is 0.318. The molecule has 2 aromatic carbocycles. The van der Waals surface area contributed by atoms with E-state index in [1.807, 2.05) is 13.0 Å². The van der Waals surface area contributed by atoms with E-state index in [4.69, 9.17) is 4.74 Å². The summed E-state index contributed by atoms with van der Waals surface area (Å²) in [5.74, 6) is 0.967. The van der Waals surface area contributed by atoms with Gasteiger partial charge < -0.3 is 4.74 Å². The number of likely N-dealkylation sites (tertiary alicyclic amines) is 1. The van der Waals surface area contributed by atoms with Crippen molar-refractivity contribution < 1.29 is 4.74 Å². The molecule has 0 saturated carbocycles. The monoisotopic (exact) mass is 332 g/mol. The van der Waals surface area contributed by atoms with Gasteiger partial charge in [-0.05, 0) is 44.0 Å². The zero-order chi connectivity index (χ0) is 17.1. The average molecular weight is 332 g/mol. The highest BCUT2D eigenvalue weighted by Gasteiger charge is 2.22. The van der Waals surface area contributed by atoms with Gasteiger partial charge in [-0.2, -0.15) is 0 Å². The Morgan fingerprint density at radius 2 is 1.88 bits per heavy atom. The molecule has 1 fully saturated rings. The van der Waals surface area contributed by atoms with Crippen molar-refractivity contribution in [2.75, 3.05) is 13.1 Å². The van der Waals surface area contributed by atoms with Crippen LogP contribution >= 0.6 is 0 Å². The van der Waals surface area contributed by atoms with Crippen molar-refractivity contribution >= 4 is 10.9 Å². The normalized spacial score (nSPS) is 18.4. The minimum atomic E-state index is 0.239. The van der Waals surface area contributed by atoms with Gasteiger partial charge in [0.05, 0.1) is 5.52 Å². The summed E-state index contributed by atoms with van der Waals surface area (Å²) >= 11 is 0. The smallest absolute Gasteiger partial charge is 0.130 e. The van der Waals surface area contributed by atoms with Gasteiger partial charge in [0.25, 0.3) is 0 Å². The first-order valence-electron chi connectivity index (χ1n) is 9.07. The molecule has 1 atom stereocenters. The predicted octanol–water partition coefficient (Wildman–Crippen LogP) is 4.59. The van der Waals surface area contributed by atoms with Gasteiger partial charge in [-0.3, -0.25) is 9.88 Å². The third-order valence-corrected chi connectivity index (χ3v) is 4.81. The molecule has 2 heterocycles. The minimum absolute atomic E-state index is 0.239. The van der Waals surface area contributed by atoms with E-state index in [1.54, 1.807) is 0 Å². The number of aromatic nitrogens is 1. The summed E-state index contributed by atoms with van der Waals surface area (Å²) in [6.07, 6.45) is 2.53. The summed E-state index contributed by atoms with van der Waals surface area (Å²) in [7, 11) is 0. The summed E-state index contributed by atoms with van der Waals surface area (Å²) in [5.41, 5.74) is 3.38. The molecule has 128 valence electrons. The number of rotatable bonds is 4. The molecule has 1 unspecified atom stereocenters. The standard InChI is InChI=1S/C22H24N2O/c1-17-14-22(20-11-5-6-12-21(20)23-17)25-19-10-7-13-24(16-19)15-18-8-3-2-4-9-18/h2-6,8-9,11-12,14,19H,7,10,13,15-16H2,1H3. The van der Waals surface area contributed by atoms with E-state index in [0.29, 0.717) is 0 Å². The molecule has 1 aromatic heterocycles. The maximum atomic E-state index is 6.44. The van der Waals surface area contributed by atoms with Crippen molar-refractivity contribution in [3.8, 4) is 5.75 Å². The number of para-hydroxylation sites is 1. The summed E-state index contributed by atoms with van der Waals surface area (Å²) in [4.78, 5) is 7.11. The second-order valence-corrected chi connectivity index (χ2v) is 6.88. The van der Waals surface area contributed by atoms with Crippen LogP contribution in [0.2, 0.25) is 0 Å². The number of benzene rings is 2. The highest BCUT2D eigenvalue weighted by atomic mass is 16.5. The van der Waals surface area contributed by atoms with E-state index in [2.05, 4.69) is 64.5 Å². The number of fused-ring (bicyclic) bond motifs is 1. The van der Waals surface area contributed by atoms with Gasteiger partial charge in [0, 0.05) is 30.2 Å². The lowest BCUT2D eigenvalue weighted by atomic mass is 10.1. The summed E-state index contributed by atoms with van der Waals surface area (Å²) in [6, 6.07) is 21.0. The highest BCUT2D eigenvalue weighted by Crippen LogP contribution is 2.28. The molecular formula is C22H24N2O. The van der Waals surface area contributed by atoms with E-state index in [1.165, 1.54) is 12.0 Å². The Balaban J connectivity index is 1.49. The van der Waals surface area contributed by atoms with E-state index < -0.39 is 0 Å². The van der Waals surface area contributed by atoms with Crippen LogP contribution in [-0.4, -0.2) is 29.1 Å². The number of hydrogen-bond acceptors (Lipinski definition) is 3. The number of hydrogen-bond donors (Lipinski definition) is 0. The number of ether oxygens (including phenoxy) is 1. The van der Waals surface area contributed by atoms with Crippen LogP contribution < -0.4 is 4.74 Å². The Labute approximate surface area is 149 Å². The second-order valence-electron chi connectivity index (χ2n) is 6.88. The number of nitrogens with zero attached hydrogens (tertiary/aromatic N) is 2. The minimum Gasteiger partial charge on any atom is -0.488 e. The molecule has 1 saturated heterocycles. The van der Waals surface area contributed by atoms with Gasteiger partial charge in [0.15, 0.2) is 0 Å². The molecular weight excluding hydrogens is 308 g/mol. The van der Waals surface area contributed by atoms with E-state index in [0.717, 1.165) is 48.4 Å². The Morgan fingerprint density at radius 1 is 1.08 bits per heavy atom. The predicted molar refractivity (Wildman–Crippen MR) is 102 cm³/mol. The molecule has 3 heteroatoms. The van der Waals surface area contributed by atoms with Gasteiger partial charge in [-0.15, -0.1) is 0 Å². The van der Waals surface area contributed by atoms with Gasteiger partial charge >= 0.3 is 0 Å².